The summed E-state index contributed by atoms with van der Waals surface area (Å²) in [5.74, 6) is 0.907. The topological polar surface area (TPSA) is 17.8 Å². The van der Waals surface area contributed by atoms with Crippen LogP contribution in [0.25, 0.3) is 15.5 Å². The molecule has 3 rings (SSSR count). The maximum absolute atomic E-state index is 6.00. The van der Waals surface area contributed by atoms with E-state index in [-0.39, 0.29) is 14.7 Å². The fourth-order valence-electron chi connectivity index (χ4n) is 1.62. The molecule has 0 aliphatic heterocycles. The molecule has 0 unspecified atom stereocenters. The molecule has 0 bridgehead atoms. The van der Waals surface area contributed by atoms with Crippen LogP contribution in [0, 0.1) is 4.64 Å². The van der Waals surface area contributed by atoms with Gasteiger partial charge >= 0.3 is 115 Å². The predicted molar refractivity (Wildman–Crippen MR) is 73.9 cm³/mol. The van der Waals surface area contributed by atoms with Crippen LogP contribution in [0.1, 0.15) is 0 Å². The van der Waals surface area contributed by atoms with E-state index in [4.69, 9.17) is 23.8 Å². The molecule has 0 spiro atoms. The second-order valence-corrected chi connectivity index (χ2v) is 6.41. The van der Waals surface area contributed by atoms with E-state index in [2.05, 4.69) is 8.55 Å². The van der Waals surface area contributed by atoms with Crippen molar-refractivity contribution in [3.05, 3.63) is 52.3 Å². The monoisotopic (exact) mass is 326 g/mol. The first kappa shape index (κ1) is 11.2. The van der Waals surface area contributed by atoms with Gasteiger partial charge < -0.3 is 0 Å². The Labute approximate surface area is 114 Å². The summed E-state index contributed by atoms with van der Waals surface area (Å²) in [4.78, 5) is 4.34. The van der Waals surface area contributed by atoms with Gasteiger partial charge in [0.2, 0.25) is 0 Å². The molecule has 0 aliphatic rings. The molecule has 0 atom stereocenters. The Morgan fingerprint density at radius 2 is 2.12 bits per heavy atom. The molecule has 2 nitrogen and oxygen atoms in total. The fourth-order valence-corrected chi connectivity index (χ4v) is 4.42. The second kappa shape index (κ2) is 4.39. The van der Waals surface area contributed by atoms with Gasteiger partial charge in [-0.25, -0.2) is 0 Å². The number of hydrogen-bond acceptors (Lipinski definition) is 2. The first-order valence-corrected chi connectivity index (χ1v) is 7.39. The number of benzene rings is 1. The summed E-state index contributed by atoms with van der Waals surface area (Å²) >= 11 is 11.6. The van der Waals surface area contributed by atoms with Crippen molar-refractivity contribution in [2.24, 2.45) is 0 Å². The zero-order valence-electron chi connectivity index (χ0n) is 8.63. The molecule has 0 N–H and O–H groups in total. The number of rotatable bonds is 1. The van der Waals surface area contributed by atoms with Gasteiger partial charge in [0.1, 0.15) is 0 Å². The minimum atomic E-state index is 0.158. The quantitative estimate of drug-likeness (QED) is 0.504. The van der Waals surface area contributed by atoms with Crippen molar-refractivity contribution in [2.75, 3.05) is 0 Å². The van der Waals surface area contributed by atoms with E-state index in [0.717, 1.165) is 20.9 Å². The zero-order valence-corrected chi connectivity index (χ0v) is 11.9. The summed E-state index contributed by atoms with van der Waals surface area (Å²) in [6.45, 7) is 0. The molecule has 3 aromatic rings. The van der Waals surface area contributed by atoms with Gasteiger partial charge in [-0.1, -0.05) is 0 Å². The summed E-state index contributed by atoms with van der Waals surface area (Å²) < 4.78 is 4.17. The van der Waals surface area contributed by atoms with Crippen LogP contribution in [-0.2, 0) is 0 Å². The van der Waals surface area contributed by atoms with Gasteiger partial charge in [-0.3, -0.25) is 0 Å². The molecule has 0 saturated heterocycles. The molecular formula is C12H7ClN2SSe. The number of pyridine rings is 1. The first-order valence-electron chi connectivity index (χ1n) is 4.99. The van der Waals surface area contributed by atoms with Crippen LogP contribution in [-0.4, -0.2) is 23.3 Å². The summed E-state index contributed by atoms with van der Waals surface area (Å²) in [6, 6.07) is 11.7. The van der Waals surface area contributed by atoms with E-state index >= 15 is 0 Å². The molecule has 17 heavy (non-hydrogen) atoms. The SMILES string of the molecule is S=c1c2cc(Cl)ccc2[se]n1-c1ccccn1. The Kier molecular flexibility index (Phi) is 2.89. The fraction of sp³-hybridized carbons (Fsp3) is 0. The Morgan fingerprint density at radius 3 is 2.88 bits per heavy atom. The molecule has 0 fully saturated rings. The van der Waals surface area contributed by atoms with Crippen molar-refractivity contribution in [1.82, 2.24) is 8.55 Å². The Bertz CT molecular complexity index is 733. The molecule has 2 aromatic heterocycles. The van der Waals surface area contributed by atoms with Crippen LogP contribution in [0.4, 0.5) is 0 Å². The number of halogens is 1. The number of fused-ring (bicyclic) bond motifs is 1. The van der Waals surface area contributed by atoms with Crippen LogP contribution in [0.5, 0.6) is 0 Å². The summed E-state index contributed by atoms with van der Waals surface area (Å²) in [5.41, 5.74) is 0. The van der Waals surface area contributed by atoms with Crippen LogP contribution in [0.2, 0.25) is 5.02 Å². The average Bonchev–Trinajstić information content (AvgIpc) is 2.68. The van der Waals surface area contributed by atoms with Gasteiger partial charge in [-0.05, 0) is 0 Å². The number of aromatic nitrogens is 2. The predicted octanol–water partition coefficient (Wildman–Crippen LogP) is 3.47. The van der Waals surface area contributed by atoms with Gasteiger partial charge in [0, 0.05) is 0 Å². The maximum atomic E-state index is 6.00. The minimum absolute atomic E-state index is 0.158. The van der Waals surface area contributed by atoms with Crippen molar-refractivity contribution >= 4 is 48.2 Å². The van der Waals surface area contributed by atoms with Crippen LogP contribution < -0.4 is 0 Å². The Hall–Kier alpha value is -0.931. The van der Waals surface area contributed by atoms with Crippen molar-refractivity contribution in [3.63, 3.8) is 0 Å². The first-order chi connectivity index (χ1) is 8.25. The normalized spacial score (nSPS) is 10.9. The van der Waals surface area contributed by atoms with E-state index in [9.17, 15) is 0 Å². The molecule has 0 saturated carbocycles. The van der Waals surface area contributed by atoms with Gasteiger partial charge in [0.15, 0.2) is 0 Å². The molecule has 1 aromatic carbocycles. The van der Waals surface area contributed by atoms with E-state index in [0.29, 0.717) is 0 Å². The zero-order chi connectivity index (χ0) is 11.8. The third kappa shape index (κ3) is 1.98. The van der Waals surface area contributed by atoms with E-state index < -0.39 is 0 Å². The van der Waals surface area contributed by atoms with Gasteiger partial charge in [-0.2, -0.15) is 0 Å². The molecule has 0 amide bonds. The van der Waals surface area contributed by atoms with E-state index in [1.165, 1.54) is 4.26 Å². The molecule has 2 heterocycles. The Morgan fingerprint density at radius 1 is 1.24 bits per heavy atom. The Balaban J connectivity index is 2.33. The van der Waals surface area contributed by atoms with Crippen LogP contribution >= 0.6 is 23.8 Å². The van der Waals surface area contributed by atoms with Crippen molar-refractivity contribution in [1.29, 1.82) is 0 Å². The average molecular weight is 326 g/mol. The van der Waals surface area contributed by atoms with Crippen molar-refractivity contribution < 1.29 is 0 Å². The molecule has 0 aliphatic carbocycles. The summed E-state index contributed by atoms with van der Waals surface area (Å²) in [6.07, 6.45) is 1.78. The van der Waals surface area contributed by atoms with Crippen molar-refractivity contribution in [2.45, 2.75) is 0 Å². The number of nitrogens with zero attached hydrogens (tertiary/aromatic N) is 2. The standard InChI is InChI=1S/C12H7ClN2SSe/c13-8-4-5-10-9(7-8)12(16)15(17-10)11-3-1-2-6-14-11/h1-7H. The third-order valence-corrected chi connectivity index (χ3v) is 5.62. The van der Waals surface area contributed by atoms with Crippen molar-refractivity contribution in [3.8, 4) is 5.82 Å². The third-order valence-electron chi connectivity index (χ3n) is 2.40. The van der Waals surface area contributed by atoms with Gasteiger partial charge in [0.05, 0.1) is 0 Å². The van der Waals surface area contributed by atoms with Crippen LogP contribution in [0.3, 0.4) is 0 Å². The summed E-state index contributed by atoms with van der Waals surface area (Å²) in [7, 11) is 0. The number of hydrogen-bond donors (Lipinski definition) is 0. The molecule has 0 radical (unpaired) electrons. The summed E-state index contributed by atoms with van der Waals surface area (Å²) in [5, 5.41) is 1.79. The molecular weight excluding hydrogens is 319 g/mol. The second-order valence-electron chi connectivity index (χ2n) is 3.52. The van der Waals surface area contributed by atoms with E-state index in [1.54, 1.807) is 6.20 Å². The molecule has 84 valence electrons. The van der Waals surface area contributed by atoms with E-state index in [1.807, 2.05) is 36.4 Å². The van der Waals surface area contributed by atoms with Gasteiger partial charge in [0.25, 0.3) is 0 Å². The van der Waals surface area contributed by atoms with Gasteiger partial charge in [-0.15, -0.1) is 0 Å². The molecule has 5 heteroatoms. The van der Waals surface area contributed by atoms with Crippen LogP contribution in [0.15, 0.2) is 42.6 Å².